The van der Waals surface area contributed by atoms with E-state index in [-0.39, 0.29) is 17.9 Å². The van der Waals surface area contributed by atoms with Crippen LogP contribution in [0.1, 0.15) is 13.8 Å². The molecule has 0 aromatic carbocycles. The van der Waals surface area contributed by atoms with E-state index in [4.69, 9.17) is 9.16 Å². The fourth-order valence-electron chi connectivity index (χ4n) is 1.25. The number of carbonyl (C=O) groups is 2. The Morgan fingerprint density at radius 1 is 1.69 bits per heavy atom. The van der Waals surface area contributed by atoms with Crippen LogP contribution in [0, 0.1) is 5.92 Å². The van der Waals surface area contributed by atoms with Gasteiger partial charge in [0.05, 0.1) is 6.10 Å². The van der Waals surface area contributed by atoms with E-state index in [1.54, 1.807) is 6.92 Å². The predicted molar refractivity (Wildman–Crippen MR) is 47.7 cm³/mol. The van der Waals surface area contributed by atoms with Crippen molar-refractivity contribution in [3.63, 3.8) is 0 Å². The fraction of sp³-hybridized carbons (Fsp3) is 0.714. The lowest BCUT2D eigenvalue weighted by Crippen LogP contribution is -2.63. The molecule has 5 nitrogen and oxygen atoms in total. The van der Waals surface area contributed by atoms with Gasteiger partial charge in [-0.25, -0.2) is 0 Å². The van der Waals surface area contributed by atoms with Gasteiger partial charge in [-0.05, 0) is 6.92 Å². The molecule has 3 unspecified atom stereocenters. The summed E-state index contributed by atoms with van der Waals surface area (Å²) < 4.78 is 9.98. The van der Waals surface area contributed by atoms with Gasteiger partial charge in [-0.3, -0.25) is 9.59 Å². The molecule has 13 heavy (non-hydrogen) atoms. The number of rotatable bonds is 3. The molecular weight excluding hydrogens is 190 g/mol. The first-order valence-corrected chi connectivity index (χ1v) is 4.88. The molecule has 6 heteroatoms. The van der Waals surface area contributed by atoms with E-state index in [0.29, 0.717) is 10.5 Å². The third-order valence-electron chi connectivity index (χ3n) is 2.08. The average Bonchev–Trinajstić information content (AvgIpc) is 2.02. The lowest BCUT2D eigenvalue weighted by molar-refractivity contribution is -0.172. The van der Waals surface area contributed by atoms with Crippen LogP contribution < -0.4 is 5.32 Å². The summed E-state index contributed by atoms with van der Waals surface area (Å²) in [4.78, 5) is 21.7. The van der Waals surface area contributed by atoms with E-state index in [0.717, 1.165) is 0 Å². The zero-order chi connectivity index (χ0) is 10.0. The van der Waals surface area contributed by atoms with Crippen molar-refractivity contribution in [1.82, 2.24) is 5.32 Å². The van der Waals surface area contributed by atoms with Gasteiger partial charge in [0.25, 0.3) is 0 Å². The Labute approximate surface area is 79.3 Å². The van der Waals surface area contributed by atoms with Crippen molar-refractivity contribution in [2.45, 2.75) is 26.2 Å². The highest BCUT2D eigenvalue weighted by molar-refractivity contribution is 5.98. The van der Waals surface area contributed by atoms with Crippen molar-refractivity contribution < 1.29 is 18.8 Å². The van der Waals surface area contributed by atoms with E-state index in [1.807, 2.05) is 0 Å². The first kappa shape index (κ1) is 10.2. The zero-order valence-corrected chi connectivity index (χ0v) is 9.87. The summed E-state index contributed by atoms with van der Waals surface area (Å²) in [7, 11) is 0.570. The molecule has 1 amide bonds. The largest absolute Gasteiger partial charge is 0.441 e. The highest BCUT2D eigenvalue weighted by Gasteiger charge is 2.45. The molecule has 1 N–H and O–H groups in total. The molecule has 1 aliphatic heterocycles. The summed E-state index contributed by atoms with van der Waals surface area (Å²) in [6.07, 6.45) is -0.682. The molecule has 0 saturated carbocycles. The first-order valence-electron chi connectivity index (χ1n) is 4.06. The maximum absolute atomic E-state index is 11.1. The third kappa shape index (κ3) is 2.07. The van der Waals surface area contributed by atoms with Gasteiger partial charge in [0, 0.05) is 6.92 Å². The number of carbonyl (C=O) groups excluding carboxylic acids is 2. The van der Waals surface area contributed by atoms with Crippen LogP contribution in [-0.2, 0) is 18.8 Å². The Bertz CT molecular complexity index is 233. The summed E-state index contributed by atoms with van der Waals surface area (Å²) >= 11 is 0. The highest BCUT2D eigenvalue weighted by atomic mass is 28.2. The summed E-state index contributed by atoms with van der Waals surface area (Å²) in [6, 6.07) is 0. The molecule has 0 aliphatic carbocycles. The minimum Gasteiger partial charge on any atom is -0.441 e. The Morgan fingerprint density at radius 2 is 2.31 bits per heavy atom. The zero-order valence-electron chi connectivity index (χ0n) is 7.87. The third-order valence-corrected chi connectivity index (χ3v) is 2.83. The normalized spacial score (nSPS) is 28.9. The second-order valence-electron chi connectivity index (χ2n) is 3.01. The fourth-order valence-corrected chi connectivity index (χ4v) is 1.55. The molecule has 0 radical (unpaired) electrons. The van der Waals surface area contributed by atoms with Crippen molar-refractivity contribution in [1.29, 1.82) is 0 Å². The Kier molecular flexibility index (Phi) is 3.05. The lowest BCUT2D eigenvalue weighted by Gasteiger charge is -2.38. The van der Waals surface area contributed by atoms with Gasteiger partial charge in [0.1, 0.15) is 16.4 Å². The molecule has 1 aliphatic rings. The number of ether oxygens (including phenoxy) is 1. The smallest absolute Gasteiger partial charge is 0.304 e. The van der Waals surface area contributed by atoms with Crippen LogP contribution in [0.2, 0.25) is 0 Å². The second kappa shape index (κ2) is 3.88. The second-order valence-corrected chi connectivity index (χ2v) is 3.48. The van der Waals surface area contributed by atoms with Crippen LogP contribution in [0.4, 0.5) is 0 Å². The topological polar surface area (TPSA) is 64.6 Å². The molecule has 0 bridgehead atoms. The Morgan fingerprint density at radius 3 is 2.69 bits per heavy atom. The van der Waals surface area contributed by atoms with Crippen LogP contribution in [-0.4, -0.2) is 34.7 Å². The summed E-state index contributed by atoms with van der Waals surface area (Å²) in [5.41, 5.74) is 0. The summed E-state index contributed by atoms with van der Waals surface area (Å²) in [5, 5.41) is 2.49. The number of nitrogens with one attached hydrogen (secondary N) is 1. The standard InChI is InChI=1S/C7H13NO4Si/c1-3(12-13)5-6(10)8-7(5)11-4(2)9/h3,5,7H,1-2,13H3,(H,8,10). The Hall–Kier alpha value is -0.883. The molecule has 1 heterocycles. The maximum Gasteiger partial charge on any atom is 0.304 e. The van der Waals surface area contributed by atoms with Gasteiger partial charge in [-0.1, -0.05) is 0 Å². The monoisotopic (exact) mass is 203 g/mol. The molecular formula is C7H13NO4Si. The number of hydrogen-bond donors (Lipinski definition) is 1. The average molecular weight is 203 g/mol. The van der Waals surface area contributed by atoms with Crippen molar-refractivity contribution in [3.8, 4) is 0 Å². The van der Waals surface area contributed by atoms with Gasteiger partial charge in [-0.2, -0.15) is 0 Å². The van der Waals surface area contributed by atoms with E-state index in [1.165, 1.54) is 6.92 Å². The van der Waals surface area contributed by atoms with E-state index < -0.39 is 12.2 Å². The highest BCUT2D eigenvalue weighted by Crippen LogP contribution is 2.21. The quantitative estimate of drug-likeness (QED) is 0.337. The van der Waals surface area contributed by atoms with Crippen LogP contribution in [0.3, 0.4) is 0 Å². The van der Waals surface area contributed by atoms with Crippen LogP contribution in [0.15, 0.2) is 0 Å². The number of β-lactam (4-membered cyclic amide) rings is 1. The number of amides is 1. The number of esters is 1. The SMILES string of the molecule is CC(=O)OC1NC(=O)C1C(C)O[SiH3]. The van der Waals surface area contributed by atoms with Crippen molar-refractivity contribution in [2.24, 2.45) is 5.92 Å². The van der Waals surface area contributed by atoms with Crippen LogP contribution in [0.25, 0.3) is 0 Å². The molecule has 1 saturated heterocycles. The van der Waals surface area contributed by atoms with Crippen LogP contribution in [0.5, 0.6) is 0 Å². The molecule has 1 rings (SSSR count). The molecule has 0 aromatic heterocycles. The van der Waals surface area contributed by atoms with Gasteiger partial charge in [-0.15, -0.1) is 0 Å². The summed E-state index contributed by atoms with van der Waals surface area (Å²) in [6.45, 7) is 3.11. The van der Waals surface area contributed by atoms with Gasteiger partial charge in [0.15, 0.2) is 6.23 Å². The van der Waals surface area contributed by atoms with E-state index >= 15 is 0 Å². The summed E-state index contributed by atoms with van der Waals surface area (Å²) in [5.74, 6) is -0.855. The van der Waals surface area contributed by atoms with Crippen LogP contribution >= 0.6 is 0 Å². The maximum atomic E-state index is 11.1. The molecule has 3 atom stereocenters. The molecule has 1 fully saturated rings. The lowest BCUT2D eigenvalue weighted by atomic mass is 9.93. The minimum atomic E-state index is -0.506. The minimum absolute atomic E-state index is 0.116. The van der Waals surface area contributed by atoms with E-state index in [2.05, 4.69) is 5.32 Å². The molecule has 0 aromatic rings. The van der Waals surface area contributed by atoms with Gasteiger partial charge >= 0.3 is 5.97 Å². The van der Waals surface area contributed by atoms with Gasteiger partial charge in [0.2, 0.25) is 5.91 Å². The van der Waals surface area contributed by atoms with Crippen molar-refractivity contribution >= 4 is 22.4 Å². The predicted octanol–water partition coefficient (Wildman–Crippen LogP) is -1.69. The first-order chi connectivity index (χ1) is 6.06. The van der Waals surface area contributed by atoms with Crippen molar-refractivity contribution in [3.05, 3.63) is 0 Å². The van der Waals surface area contributed by atoms with E-state index in [9.17, 15) is 9.59 Å². The van der Waals surface area contributed by atoms with Gasteiger partial charge < -0.3 is 14.5 Å². The number of hydrogen-bond acceptors (Lipinski definition) is 4. The van der Waals surface area contributed by atoms with Crippen molar-refractivity contribution in [2.75, 3.05) is 0 Å². The molecule has 0 spiro atoms. The Balaban J connectivity index is 2.50. The molecule has 74 valence electrons.